The Morgan fingerprint density at radius 1 is 1.14 bits per heavy atom. The van der Waals surface area contributed by atoms with E-state index >= 15 is 0 Å². The Balaban J connectivity index is 1.43. The third kappa shape index (κ3) is 3.21. The summed E-state index contributed by atoms with van der Waals surface area (Å²) in [5.41, 5.74) is 1.38. The molecule has 0 unspecified atom stereocenters. The van der Waals surface area contributed by atoms with Crippen molar-refractivity contribution in [2.75, 3.05) is 28.2 Å². The van der Waals surface area contributed by atoms with Gasteiger partial charge >= 0.3 is 6.03 Å². The largest absolute Gasteiger partial charge is 0.366 e. The van der Waals surface area contributed by atoms with Crippen molar-refractivity contribution in [3.63, 3.8) is 0 Å². The smallest absolute Gasteiger partial charge is 0.329 e. The number of pyridine rings is 2. The molecule has 1 atom stereocenters. The molecule has 0 aromatic carbocycles. The average Bonchev–Trinajstić information content (AvgIpc) is 3.46. The third-order valence-corrected chi connectivity index (χ3v) is 5.83. The normalized spacial score (nSPS) is 20.1. The molecule has 1 saturated carbocycles. The summed E-state index contributed by atoms with van der Waals surface area (Å²) in [6.07, 6.45) is 6.48. The molecule has 2 fully saturated rings. The first-order chi connectivity index (χ1) is 13.7. The SMILES string of the molecule is O=C(CCC1CC1)c1ccc2c(n1)N(C(=O)Nc1ccccn1)[C@H]1CCN2C1. The summed E-state index contributed by atoms with van der Waals surface area (Å²) in [5, 5.41) is 2.86. The molecule has 5 rings (SSSR count). The van der Waals surface area contributed by atoms with Crippen molar-refractivity contribution in [2.45, 2.75) is 38.1 Å². The fraction of sp³-hybridized carbons (Fsp3) is 0.429. The van der Waals surface area contributed by atoms with Crippen molar-refractivity contribution >= 4 is 29.1 Å². The number of ketones is 1. The van der Waals surface area contributed by atoms with E-state index < -0.39 is 0 Å². The van der Waals surface area contributed by atoms with Gasteiger partial charge in [-0.15, -0.1) is 0 Å². The number of carbonyl (C=O) groups excluding carboxylic acids is 2. The Morgan fingerprint density at radius 3 is 2.82 bits per heavy atom. The molecule has 0 spiro atoms. The van der Waals surface area contributed by atoms with Crippen molar-refractivity contribution in [1.29, 1.82) is 0 Å². The van der Waals surface area contributed by atoms with Crippen LogP contribution in [0.25, 0.3) is 0 Å². The number of carbonyl (C=O) groups is 2. The first kappa shape index (κ1) is 17.2. The summed E-state index contributed by atoms with van der Waals surface area (Å²) in [5.74, 6) is 1.86. The fourth-order valence-electron chi connectivity index (χ4n) is 4.10. The van der Waals surface area contributed by atoms with Gasteiger partial charge < -0.3 is 4.90 Å². The van der Waals surface area contributed by atoms with Crippen LogP contribution >= 0.6 is 0 Å². The molecule has 0 radical (unpaired) electrons. The van der Waals surface area contributed by atoms with Crippen LogP contribution in [0, 0.1) is 5.92 Å². The number of nitrogens with one attached hydrogen (secondary N) is 1. The van der Waals surface area contributed by atoms with Crippen LogP contribution in [-0.2, 0) is 0 Å². The van der Waals surface area contributed by atoms with Crippen molar-refractivity contribution in [3.8, 4) is 0 Å². The number of nitrogens with zero attached hydrogens (tertiary/aromatic N) is 4. The van der Waals surface area contributed by atoms with Crippen LogP contribution in [0.1, 0.15) is 42.6 Å². The second-order valence-corrected chi connectivity index (χ2v) is 7.85. The second-order valence-electron chi connectivity index (χ2n) is 7.85. The number of fused-ring (bicyclic) bond motifs is 4. The van der Waals surface area contributed by atoms with Gasteiger partial charge in [0.25, 0.3) is 0 Å². The summed E-state index contributed by atoms with van der Waals surface area (Å²) >= 11 is 0. The monoisotopic (exact) mass is 377 g/mol. The van der Waals surface area contributed by atoms with Crippen LogP contribution in [0.3, 0.4) is 0 Å². The Kier molecular flexibility index (Phi) is 4.22. The van der Waals surface area contributed by atoms with E-state index in [1.165, 1.54) is 12.8 Å². The maximum absolute atomic E-state index is 13.1. The lowest BCUT2D eigenvalue weighted by molar-refractivity contribution is 0.0973. The van der Waals surface area contributed by atoms with Crippen LogP contribution in [-0.4, -0.2) is 40.9 Å². The highest BCUT2D eigenvalue weighted by Crippen LogP contribution is 2.39. The molecular formula is C21H23N5O2. The van der Waals surface area contributed by atoms with Crippen molar-refractivity contribution < 1.29 is 9.59 Å². The molecule has 2 aromatic rings. The minimum atomic E-state index is -0.249. The minimum Gasteiger partial charge on any atom is -0.366 e. The predicted molar refractivity (Wildman–Crippen MR) is 107 cm³/mol. The molecule has 4 heterocycles. The van der Waals surface area contributed by atoms with Gasteiger partial charge in [0.2, 0.25) is 0 Å². The van der Waals surface area contributed by atoms with Gasteiger partial charge in [0.15, 0.2) is 11.6 Å². The molecule has 1 N–H and O–H groups in total. The van der Waals surface area contributed by atoms with E-state index in [2.05, 4.69) is 20.2 Å². The van der Waals surface area contributed by atoms with Crippen LogP contribution < -0.4 is 15.1 Å². The summed E-state index contributed by atoms with van der Waals surface area (Å²) in [6, 6.07) is 8.95. The standard InChI is InChI=1S/C21H23N5O2/c27-18(9-6-14-4-5-14)16-7-8-17-20(23-16)26(15-10-12-25(17)13-15)21(28)24-19-3-1-2-11-22-19/h1-3,7-8,11,14-15H,4-6,9-10,12-13H2,(H,22,24,28)/t15-/m0/s1. The molecule has 1 aliphatic carbocycles. The van der Waals surface area contributed by atoms with Gasteiger partial charge in [-0.1, -0.05) is 18.9 Å². The van der Waals surface area contributed by atoms with E-state index in [-0.39, 0.29) is 17.9 Å². The summed E-state index contributed by atoms with van der Waals surface area (Å²) < 4.78 is 0. The van der Waals surface area contributed by atoms with Gasteiger partial charge in [0, 0.05) is 25.7 Å². The Bertz CT molecular complexity index is 912. The highest BCUT2D eigenvalue weighted by atomic mass is 16.2. The van der Waals surface area contributed by atoms with E-state index in [0.717, 1.165) is 31.6 Å². The van der Waals surface area contributed by atoms with Crippen LogP contribution in [0.4, 0.5) is 22.1 Å². The minimum absolute atomic E-state index is 0.0560. The third-order valence-electron chi connectivity index (χ3n) is 5.83. The maximum Gasteiger partial charge on any atom is 0.329 e. The number of rotatable bonds is 5. The van der Waals surface area contributed by atoms with Crippen LogP contribution in [0.15, 0.2) is 36.5 Å². The number of hydrogen-bond donors (Lipinski definition) is 1. The number of amides is 2. The number of Topliss-reactive ketones (excluding diaryl/α,β-unsaturated/α-hetero) is 1. The van der Waals surface area contributed by atoms with E-state index in [1.54, 1.807) is 17.2 Å². The molecule has 2 bridgehead atoms. The zero-order chi connectivity index (χ0) is 19.1. The highest BCUT2D eigenvalue weighted by molar-refractivity contribution is 6.05. The molecule has 2 amide bonds. The molecule has 1 saturated heterocycles. The molecule has 7 nitrogen and oxygen atoms in total. The van der Waals surface area contributed by atoms with Gasteiger partial charge in [0.1, 0.15) is 11.5 Å². The molecule has 7 heteroatoms. The molecule has 144 valence electrons. The Labute approximate surface area is 163 Å². The van der Waals surface area contributed by atoms with Gasteiger partial charge in [0.05, 0.1) is 11.7 Å². The molecule has 2 aliphatic heterocycles. The molecule has 2 aromatic heterocycles. The van der Waals surface area contributed by atoms with Crippen molar-refractivity contribution in [2.24, 2.45) is 5.92 Å². The Morgan fingerprint density at radius 2 is 2.04 bits per heavy atom. The first-order valence-electron chi connectivity index (χ1n) is 9.99. The zero-order valence-corrected chi connectivity index (χ0v) is 15.7. The average molecular weight is 377 g/mol. The molecular weight excluding hydrogens is 354 g/mol. The zero-order valence-electron chi connectivity index (χ0n) is 15.7. The molecule has 3 aliphatic rings. The van der Waals surface area contributed by atoms with Crippen LogP contribution in [0.5, 0.6) is 0 Å². The van der Waals surface area contributed by atoms with E-state index in [1.807, 2.05) is 24.3 Å². The quantitative estimate of drug-likeness (QED) is 0.807. The van der Waals surface area contributed by atoms with E-state index in [0.29, 0.717) is 29.7 Å². The van der Waals surface area contributed by atoms with E-state index in [4.69, 9.17) is 0 Å². The number of urea groups is 1. The topological polar surface area (TPSA) is 78.4 Å². The first-order valence-corrected chi connectivity index (χ1v) is 9.99. The van der Waals surface area contributed by atoms with E-state index in [9.17, 15) is 9.59 Å². The van der Waals surface area contributed by atoms with Gasteiger partial charge in [-0.25, -0.2) is 14.8 Å². The second kappa shape index (κ2) is 6.89. The van der Waals surface area contributed by atoms with Gasteiger partial charge in [-0.05, 0) is 43.0 Å². The Hall–Kier alpha value is -2.96. The van der Waals surface area contributed by atoms with Crippen molar-refractivity contribution in [1.82, 2.24) is 9.97 Å². The number of anilines is 3. The lowest BCUT2D eigenvalue weighted by Gasteiger charge is -2.35. The van der Waals surface area contributed by atoms with Gasteiger partial charge in [-0.3, -0.25) is 15.0 Å². The number of hydrogen-bond acceptors (Lipinski definition) is 5. The number of aromatic nitrogens is 2. The summed E-state index contributed by atoms with van der Waals surface area (Å²) in [7, 11) is 0. The summed E-state index contributed by atoms with van der Waals surface area (Å²) in [4.78, 5) is 38.4. The van der Waals surface area contributed by atoms with Crippen LogP contribution in [0.2, 0.25) is 0 Å². The fourth-order valence-corrected chi connectivity index (χ4v) is 4.10. The molecule has 28 heavy (non-hydrogen) atoms. The van der Waals surface area contributed by atoms with Gasteiger partial charge in [-0.2, -0.15) is 0 Å². The van der Waals surface area contributed by atoms with Crippen molar-refractivity contribution in [3.05, 3.63) is 42.2 Å². The highest BCUT2D eigenvalue weighted by Gasteiger charge is 2.40. The lowest BCUT2D eigenvalue weighted by Crippen LogP contribution is -2.48. The summed E-state index contributed by atoms with van der Waals surface area (Å²) in [6.45, 7) is 1.68. The predicted octanol–water partition coefficient (Wildman–Crippen LogP) is 3.48. The lowest BCUT2D eigenvalue weighted by atomic mass is 10.1. The maximum atomic E-state index is 13.1.